The van der Waals surface area contributed by atoms with Crippen LogP contribution in [0, 0.1) is 0 Å². The predicted octanol–water partition coefficient (Wildman–Crippen LogP) is 1.67. The van der Waals surface area contributed by atoms with E-state index in [2.05, 4.69) is 14.7 Å². The third-order valence-corrected chi connectivity index (χ3v) is 4.04. The molecule has 1 rings (SSSR count). The molecule has 0 spiro atoms. The fourth-order valence-corrected chi connectivity index (χ4v) is 1.59. The van der Waals surface area contributed by atoms with Crippen molar-refractivity contribution < 1.29 is 8.42 Å². The molecule has 0 aliphatic rings. The molecule has 0 aliphatic heterocycles. The summed E-state index contributed by atoms with van der Waals surface area (Å²) in [6.07, 6.45) is 2.75. The minimum Gasteiger partial charge on any atom is -0.264 e. The van der Waals surface area contributed by atoms with Gasteiger partial charge in [0.25, 0.3) is 0 Å². The van der Waals surface area contributed by atoms with E-state index >= 15 is 0 Å². The SMILES string of the molecule is CC(C)(C)S(=O)(=O)Nc1nccnc1Cl. The second kappa shape index (κ2) is 3.94. The first-order chi connectivity index (χ1) is 6.74. The van der Waals surface area contributed by atoms with Gasteiger partial charge in [0.05, 0.1) is 4.75 Å². The number of nitrogens with zero attached hydrogens (tertiary/aromatic N) is 2. The summed E-state index contributed by atoms with van der Waals surface area (Å²) in [7, 11) is -3.51. The Morgan fingerprint density at radius 3 is 2.27 bits per heavy atom. The zero-order valence-corrected chi connectivity index (χ0v) is 10.2. The number of halogens is 1. The van der Waals surface area contributed by atoms with Crippen LogP contribution in [0.5, 0.6) is 0 Å². The van der Waals surface area contributed by atoms with E-state index in [0.717, 1.165) is 0 Å². The quantitative estimate of drug-likeness (QED) is 0.866. The highest BCUT2D eigenvalue weighted by molar-refractivity contribution is 7.94. The maximum atomic E-state index is 11.7. The van der Waals surface area contributed by atoms with Gasteiger partial charge in [-0.25, -0.2) is 18.4 Å². The Bertz CT molecular complexity index is 453. The fourth-order valence-electron chi connectivity index (χ4n) is 0.670. The number of hydrogen-bond donors (Lipinski definition) is 1. The van der Waals surface area contributed by atoms with Crippen LogP contribution in [0.1, 0.15) is 20.8 Å². The van der Waals surface area contributed by atoms with Crippen molar-refractivity contribution in [2.75, 3.05) is 4.72 Å². The van der Waals surface area contributed by atoms with Gasteiger partial charge in [0.15, 0.2) is 11.0 Å². The molecule has 0 radical (unpaired) electrons. The first-order valence-electron chi connectivity index (χ1n) is 4.23. The van der Waals surface area contributed by atoms with Crippen LogP contribution in [-0.2, 0) is 10.0 Å². The first kappa shape index (κ1) is 12.2. The number of rotatable bonds is 2. The van der Waals surface area contributed by atoms with Crippen LogP contribution in [0.25, 0.3) is 0 Å². The number of anilines is 1. The number of nitrogens with one attached hydrogen (secondary N) is 1. The average molecular weight is 250 g/mol. The molecule has 0 saturated heterocycles. The zero-order chi connectivity index (χ0) is 11.7. The molecule has 1 heterocycles. The van der Waals surface area contributed by atoms with Crippen molar-refractivity contribution in [3.63, 3.8) is 0 Å². The smallest absolute Gasteiger partial charge is 0.238 e. The molecule has 0 aromatic carbocycles. The van der Waals surface area contributed by atoms with Gasteiger partial charge in [-0.1, -0.05) is 11.6 Å². The third kappa shape index (κ3) is 2.79. The molecule has 84 valence electrons. The molecule has 0 fully saturated rings. The Balaban J connectivity index is 3.03. The Kier molecular flexibility index (Phi) is 3.20. The number of sulfonamides is 1. The van der Waals surface area contributed by atoms with Crippen LogP contribution in [0.3, 0.4) is 0 Å². The fraction of sp³-hybridized carbons (Fsp3) is 0.500. The van der Waals surface area contributed by atoms with Crippen molar-refractivity contribution in [3.8, 4) is 0 Å². The topological polar surface area (TPSA) is 72.0 Å². The van der Waals surface area contributed by atoms with E-state index in [-0.39, 0.29) is 11.0 Å². The maximum absolute atomic E-state index is 11.7. The monoisotopic (exact) mass is 249 g/mol. The molecule has 1 aromatic heterocycles. The number of hydrogen-bond acceptors (Lipinski definition) is 4. The van der Waals surface area contributed by atoms with Crippen LogP contribution >= 0.6 is 11.6 Å². The van der Waals surface area contributed by atoms with Crippen LogP contribution in [0.15, 0.2) is 12.4 Å². The van der Waals surface area contributed by atoms with Gasteiger partial charge >= 0.3 is 0 Å². The van der Waals surface area contributed by atoms with Gasteiger partial charge in [-0.3, -0.25) is 4.72 Å². The summed E-state index contributed by atoms with van der Waals surface area (Å²) < 4.78 is 24.8. The lowest BCUT2D eigenvalue weighted by Crippen LogP contribution is -2.34. The average Bonchev–Trinajstić information content (AvgIpc) is 2.06. The van der Waals surface area contributed by atoms with E-state index in [1.165, 1.54) is 12.4 Å². The normalized spacial score (nSPS) is 12.5. The molecule has 0 aliphatic carbocycles. The Labute approximate surface area is 93.9 Å². The Morgan fingerprint density at radius 1 is 1.27 bits per heavy atom. The number of aromatic nitrogens is 2. The maximum Gasteiger partial charge on any atom is 0.238 e. The molecule has 0 bridgehead atoms. The van der Waals surface area contributed by atoms with E-state index in [9.17, 15) is 8.42 Å². The van der Waals surface area contributed by atoms with Gasteiger partial charge in [-0.05, 0) is 20.8 Å². The van der Waals surface area contributed by atoms with Crippen LogP contribution in [0.4, 0.5) is 5.82 Å². The molecule has 0 amide bonds. The molecule has 1 aromatic rings. The molecule has 0 unspecified atom stereocenters. The molecule has 0 saturated carbocycles. The summed E-state index contributed by atoms with van der Waals surface area (Å²) in [6.45, 7) is 4.75. The van der Waals surface area contributed by atoms with Crippen molar-refractivity contribution in [3.05, 3.63) is 17.5 Å². The Hall–Kier alpha value is -0.880. The van der Waals surface area contributed by atoms with E-state index < -0.39 is 14.8 Å². The standard InChI is InChI=1S/C8H12ClN3O2S/c1-8(2,3)15(13,14)12-7-6(9)10-4-5-11-7/h4-5H,1-3H3,(H,11,12). The summed E-state index contributed by atoms with van der Waals surface area (Å²) in [6, 6.07) is 0. The summed E-state index contributed by atoms with van der Waals surface area (Å²) in [4.78, 5) is 7.51. The second-order valence-corrected chi connectivity index (χ2v) is 6.71. The molecule has 7 heteroatoms. The molecule has 0 atom stereocenters. The van der Waals surface area contributed by atoms with Gasteiger partial charge in [-0.15, -0.1) is 0 Å². The predicted molar refractivity (Wildman–Crippen MR) is 59.3 cm³/mol. The first-order valence-corrected chi connectivity index (χ1v) is 6.09. The lowest BCUT2D eigenvalue weighted by Gasteiger charge is -2.19. The summed E-state index contributed by atoms with van der Waals surface area (Å²) in [5, 5.41) is 0.0327. The second-order valence-electron chi connectivity index (χ2n) is 3.91. The van der Waals surface area contributed by atoms with Gasteiger partial charge in [0.2, 0.25) is 10.0 Å². The van der Waals surface area contributed by atoms with Crippen LogP contribution in [-0.4, -0.2) is 23.1 Å². The Morgan fingerprint density at radius 2 is 1.80 bits per heavy atom. The summed E-state index contributed by atoms with van der Waals surface area (Å²) in [5.74, 6) is 0.0501. The lowest BCUT2D eigenvalue weighted by atomic mass is 10.3. The van der Waals surface area contributed by atoms with Crippen molar-refractivity contribution >= 4 is 27.4 Å². The van der Waals surface area contributed by atoms with Crippen molar-refractivity contribution in [2.45, 2.75) is 25.5 Å². The molecule has 1 N–H and O–H groups in total. The van der Waals surface area contributed by atoms with Gasteiger partial charge in [-0.2, -0.15) is 0 Å². The highest BCUT2D eigenvalue weighted by Gasteiger charge is 2.29. The third-order valence-electron chi connectivity index (χ3n) is 1.69. The summed E-state index contributed by atoms with van der Waals surface area (Å²) in [5.41, 5.74) is 0. The van der Waals surface area contributed by atoms with Crippen LogP contribution < -0.4 is 4.72 Å². The molecule has 5 nitrogen and oxygen atoms in total. The van der Waals surface area contributed by atoms with Gasteiger partial charge < -0.3 is 0 Å². The molecular weight excluding hydrogens is 238 g/mol. The summed E-state index contributed by atoms with van der Waals surface area (Å²) >= 11 is 5.68. The van der Waals surface area contributed by atoms with E-state index in [1.807, 2.05) is 0 Å². The molecular formula is C8H12ClN3O2S. The van der Waals surface area contributed by atoms with Crippen LogP contribution in [0.2, 0.25) is 5.15 Å². The van der Waals surface area contributed by atoms with Crippen molar-refractivity contribution in [1.29, 1.82) is 0 Å². The lowest BCUT2D eigenvalue weighted by molar-refractivity contribution is 0.566. The minimum absolute atomic E-state index is 0.0327. The highest BCUT2D eigenvalue weighted by atomic mass is 35.5. The van der Waals surface area contributed by atoms with Gasteiger partial charge in [0, 0.05) is 12.4 Å². The minimum atomic E-state index is -3.51. The van der Waals surface area contributed by atoms with E-state index in [0.29, 0.717) is 0 Å². The van der Waals surface area contributed by atoms with Gasteiger partial charge in [0.1, 0.15) is 0 Å². The van der Waals surface area contributed by atoms with Crippen molar-refractivity contribution in [1.82, 2.24) is 9.97 Å². The highest BCUT2D eigenvalue weighted by Crippen LogP contribution is 2.21. The molecule has 15 heavy (non-hydrogen) atoms. The van der Waals surface area contributed by atoms with Crippen molar-refractivity contribution in [2.24, 2.45) is 0 Å². The van der Waals surface area contributed by atoms with E-state index in [1.54, 1.807) is 20.8 Å². The zero-order valence-electron chi connectivity index (χ0n) is 8.65. The largest absolute Gasteiger partial charge is 0.264 e. The van der Waals surface area contributed by atoms with E-state index in [4.69, 9.17) is 11.6 Å².